The molecule has 15 heteroatoms. The number of alkyl carbamates (subject to hydrolysis) is 1. The minimum absolute atomic E-state index is 0.0230. The van der Waals surface area contributed by atoms with Gasteiger partial charge in [0.1, 0.15) is 11.6 Å². The number of nitrogens with one attached hydrogen (secondary N) is 1. The number of halogens is 3. The summed E-state index contributed by atoms with van der Waals surface area (Å²) in [7, 11) is -2.45. The normalized spacial score (nSPS) is 19.8. The van der Waals surface area contributed by atoms with E-state index in [4.69, 9.17) is 9.47 Å². The molecule has 0 spiro atoms. The van der Waals surface area contributed by atoms with Gasteiger partial charge in [-0.2, -0.15) is 17.5 Å². The molecule has 0 bridgehead atoms. The predicted molar refractivity (Wildman–Crippen MR) is 129 cm³/mol. The van der Waals surface area contributed by atoms with Crippen LogP contribution in [0.4, 0.5) is 29.5 Å². The van der Waals surface area contributed by atoms with Crippen LogP contribution in [0.2, 0.25) is 0 Å². The number of aromatic nitrogens is 1. The summed E-state index contributed by atoms with van der Waals surface area (Å²) >= 11 is 0. The van der Waals surface area contributed by atoms with Gasteiger partial charge in [0.15, 0.2) is 5.82 Å². The van der Waals surface area contributed by atoms with Gasteiger partial charge in [-0.05, 0) is 33.8 Å². The van der Waals surface area contributed by atoms with E-state index in [0.717, 1.165) is 11.0 Å². The summed E-state index contributed by atoms with van der Waals surface area (Å²) in [5.41, 5.74) is -1.60. The Morgan fingerprint density at radius 2 is 1.95 bits per heavy atom. The third-order valence-corrected chi connectivity index (χ3v) is 7.58. The van der Waals surface area contributed by atoms with Crippen molar-refractivity contribution in [2.24, 2.45) is 0 Å². The summed E-state index contributed by atoms with van der Waals surface area (Å²) in [5.74, 6) is -0.661. The minimum Gasteiger partial charge on any atom is -0.444 e. The van der Waals surface area contributed by atoms with Crippen LogP contribution >= 0.6 is 0 Å². The number of fused-ring (bicyclic) bond motifs is 3. The summed E-state index contributed by atoms with van der Waals surface area (Å²) in [6.07, 6.45) is -4.51. The molecule has 2 atom stereocenters. The molecule has 0 saturated carbocycles. The fourth-order valence-electron chi connectivity index (χ4n) is 3.99. The van der Waals surface area contributed by atoms with E-state index < -0.39 is 51.4 Å². The van der Waals surface area contributed by atoms with Gasteiger partial charge in [-0.1, -0.05) is 0 Å². The van der Waals surface area contributed by atoms with Crippen molar-refractivity contribution in [1.82, 2.24) is 14.6 Å². The van der Waals surface area contributed by atoms with Crippen LogP contribution < -0.4 is 15.1 Å². The Bertz CT molecular complexity index is 1120. The van der Waals surface area contributed by atoms with Crippen molar-refractivity contribution in [3.63, 3.8) is 0 Å². The monoisotopic (exact) mass is 551 g/mol. The second-order valence-corrected chi connectivity index (χ2v) is 12.1. The number of sulfonamides is 1. The maximum absolute atomic E-state index is 13.1. The number of pyridine rings is 1. The summed E-state index contributed by atoms with van der Waals surface area (Å²) in [6.45, 7) is 6.78. The molecule has 3 rings (SSSR count). The number of carbonyl (C=O) groups is 2. The van der Waals surface area contributed by atoms with Gasteiger partial charge < -0.3 is 24.6 Å². The zero-order chi connectivity index (χ0) is 27.8. The van der Waals surface area contributed by atoms with Crippen molar-refractivity contribution >= 4 is 33.5 Å². The van der Waals surface area contributed by atoms with Crippen LogP contribution in [0, 0.1) is 0 Å². The molecule has 11 nitrogen and oxygen atoms in total. The number of hydrogen-bond acceptors (Lipinski definition) is 8. The van der Waals surface area contributed by atoms with Crippen LogP contribution in [0.3, 0.4) is 0 Å². The zero-order valence-electron chi connectivity index (χ0n) is 21.3. The fourth-order valence-corrected chi connectivity index (χ4v) is 5.31. The number of piperazine rings is 1. The number of amides is 2. The van der Waals surface area contributed by atoms with Gasteiger partial charge in [0.25, 0.3) is 5.91 Å². The minimum atomic E-state index is -4.61. The van der Waals surface area contributed by atoms with Crippen LogP contribution in [0.15, 0.2) is 12.3 Å². The molecular formula is C22H32F3N5O6S. The Hall–Kier alpha value is -2.65. The van der Waals surface area contributed by atoms with E-state index in [1.165, 1.54) is 11.4 Å². The Balaban J connectivity index is 1.57. The highest BCUT2D eigenvalue weighted by Gasteiger charge is 2.44. The predicted octanol–water partition coefficient (Wildman–Crippen LogP) is 1.83. The number of nitrogens with zero attached hydrogens (tertiary/aromatic N) is 4. The lowest BCUT2D eigenvalue weighted by Gasteiger charge is -2.46. The average molecular weight is 552 g/mol. The van der Waals surface area contributed by atoms with Crippen LogP contribution in [0.5, 0.6) is 0 Å². The van der Waals surface area contributed by atoms with Gasteiger partial charge in [0.05, 0.1) is 36.3 Å². The Kier molecular flexibility index (Phi) is 8.29. The molecular weight excluding hydrogens is 519 g/mol. The van der Waals surface area contributed by atoms with E-state index in [1.807, 2.05) is 0 Å². The zero-order valence-corrected chi connectivity index (χ0v) is 22.1. The van der Waals surface area contributed by atoms with Crippen molar-refractivity contribution in [1.29, 1.82) is 0 Å². The largest absolute Gasteiger partial charge is 0.444 e. The van der Waals surface area contributed by atoms with E-state index in [2.05, 4.69) is 10.3 Å². The molecule has 208 valence electrons. The average Bonchev–Trinajstić information content (AvgIpc) is 2.77. The van der Waals surface area contributed by atoms with E-state index in [0.29, 0.717) is 6.20 Å². The first-order valence-electron chi connectivity index (χ1n) is 11.7. The molecule has 3 heterocycles. The van der Waals surface area contributed by atoms with Crippen molar-refractivity contribution in [3.8, 4) is 0 Å². The first-order chi connectivity index (χ1) is 17.0. The Morgan fingerprint density at radius 3 is 2.57 bits per heavy atom. The third kappa shape index (κ3) is 7.02. The molecule has 2 aliphatic heterocycles. The summed E-state index contributed by atoms with van der Waals surface area (Å²) in [4.78, 5) is 31.3. The SMILES string of the molecule is C[C@@H](COCCS(=O)(=O)N1CCN2c3ncc(C(F)(F)F)cc3N(C)C(=O)C2C1)NC(=O)OC(C)(C)C. The third-order valence-electron chi connectivity index (χ3n) is 5.78. The molecule has 0 aliphatic carbocycles. The number of carbonyl (C=O) groups excluding carboxylic acids is 2. The first kappa shape index (κ1) is 28.9. The van der Waals surface area contributed by atoms with Gasteiger partial charge in [-0.15, -0.1) is 0 Å². The Morgan fingerprint density at radius 1 is 1.27 bits per heavy atom. The standard InChI is InChI=1S/C22H32F3N5O6S/c1-14(27-20(32)36-21(2,3)4)13-35-8-9-37(33,34)29-6-7-30-17(12-29)19(31)28(5)16-10-15(22(23,24)25)11-26-18(16)30/h10-11,14,17H,6-9,12-13H2,1-5H3,(H,27,32)/t14-,17?/m0/s1. The first-order valence-corrected chi connectivity index (χ1v) is 13.3. The maximum atomic E-state index is 13.1. The summed E-state index contributed by atoms with van der Waals surface area (Å²) < 4.78 is 76.9. The molecule has 0 radical (unpaired) electrons. The number of alkyl halides is 3. The number of anilines is 2. The molecule has 1 unspecified atom stereocenters. The van der Waals surface area contributed by atoms with Crippen LogP contribution in [-0.2, 0) is 30.5 Å². The molecule has 1 fully saturated rings. The van der Waals surface area contributed by atoms with E-state index >= 15 is 0 Å². The van der Waals surface area contributed by atoms with Gasteiger partial charge in [-0.25, -0.2) is 18.2 Å². The smallest absolute Gasteiger partial charge is 0.417 e. The molecule has 0 aromatic carbocycles. The lowest BCUT2D eigenvalue weighted by Crippen LogP contribution is -2.63. The van der Waals surface area contributed by atoms with Crippen molar-refractivity contribution < 1.29 is 40.7 Å². The maximum Gasteiger partial charge on any atom is 0.417 e. The lowest BCUT2D eigenvalue weighted by molar-refractivity contribution is -0.137. The summed E-state index contributed by atoms with van der Waals surface area (Å²) in [6, 6.07) is -0.457. The van der Waals surface area contributed by atoms with E-state index in [1.54, 1.807) is 32.6 Å². The number of ether oxygens (including phenoxy) is 2. The Labute approximate surface area is 213 Å². The molecule has 2 amide bonds. The van der Waals surface area contributed by atoms with Crippen molar-refractivity contribution in [3.05, 3.63) is 17.8 Å². The highest BCUT2D eigenvalue weighted by molar-refractivity contribution is 7.89. The van der Waals surface area contributed by atoms with Gasteiger partial charge >= 0.3 is 12.3 Å². The molecule has 1 aromatic rings. The molecule has 2 aliphatic rings. The molecule has 1 saturated heterocycles. The quantitative estimate of drug-likeness (QED) is 0.510. The lowest BCUT2D eigenvalue weighted by atomic mass is 10.1. The number of rotatable bonds is 7. The van der Waals surface area contributed by atoms with Crippen LogP contribution in [0.1, 0.15) is 33.3 Å². The van der Waals surface area contributed by atoms with Crippen LogP contribution in [0.25, 0.3) is 0 Å². The second-order valence-electron chi connectivity index (χ2n) is 9.97. The highest BCUT2D eigenvalue weighted by atomic mass is 32.2. The van der Waals surface area contributed by atoms with E-state index in [9.17, 15) is 31.2 Å². The number of likely N-dealkylation sites (N-methyl/N-ethyl adjacent to an activating group) is 1. The second kappa shape index (κ2) is 10.6. The van der Waals surface area contributed by atoms with E-state index in [-0.39, 0.29) is 50.1 Å². The van der Waals surface area contributed by atoms with Crippen LogP contribution in [-0.4, -0.2) is 93.0 Å². The molecule has 1 aromatic heterocycles. The number of hydrogen-bond donors (Lipinski definition) is 1. The van der Waals surface area contributed by atoms with Gasteiger partial charge in [0, 0.05) is 32.9 Å². The van der Waals surface area contributed by atoms with Crippen molar-refractivity contribution in [2.75, 3.05) is 55.4 Å². The highest BCUT2D eigenvalue weighted by Crippen LogP contribution is 2.39. The van der Waals surface area contributed by atoms with Gasteiger partial charge in [0.2, 0.25) is 10.0 Å². The van der Waals surface area contributed by atoms with Gasteiger partial charge in [-0.3, -0.25) is 4.79 Å². The molecule has 1 N–H and O–H groups in total. The molecule has 37 heavy (non-hydrogen) atoms. The topological polar surface area (TPSA) is 121 Å². The summed E-state index contributed by atoms with van der Waals surface area (Å²) in [5, 5.41) is 2.60. The fraction of sp³-hybridized carbons (Fsp3) is 0.682. The van der Waals surface area contributed by atoms with Crippen molar-refractivity contribution in [2.45, 2.75) is 51.6 Å².